The molecule has 1 amide bonds. The van der Waals surface area contributed by atoms with Crippen LogP contribution in [0.4, 0.5) is 13.2 Å². The van der Waals surface area contributed by atoms with E-state index in [-0.39, 0.29) is 5.91 Å². The van der Waals surface area contributed by atoms with Gasteiger partial charge in [-0.15, -0.1) is 0 Å². The quantitative estimate of drug-likeness (QED) is 0.769. The first kappa shape index (κ1) is 18.0. The van der Waals surface area contributed by atoms with Crippen LogP contribution in [0, 0.1) is 0 Å². The van der Waals surface area contributed by atoms with Crippen LogP contribution >= 0.6 is 0 Å². The van der Waals surface area contributed by atoms with Gasteiger partial charge in [-0.1, -0.05) is 18.2 Å². The molecule has 2 bridgehead atoms. The Hall–Kier alpha value is -2.35. The summed E-state index contributed by atoms with van der Waals surface area (Å²) in [5, 5.41) is 10.7. The lowest BCUT2D eigenvalue weighted by molar-refractivity contribution is -0.192. The number of benzene rings is 1. The molecule has 24 heavy (non-hydrogen) atoms. The fourth-order valence-corrected chi connectivity index (χ4v) is 2.81. The van der Waals surface area contributed by atoms with Crippen LogP contribution < -0.4 is 11.1 Å². The molecule has 3 rings (SSSR count). The molecule has 0 radical (unpaired) electrons. The molecule has 5 nitrogen and oxygen atoms in total. The van der Waals surface area contributed by atoms with E-state index < -0.39 is 12.1 Å². The van der Waals surface area contributed by atoms with Gasteiger partial charge in [-0.2, -0.15) is 13.2 Å². The van der Waals surface area contributed by atoms with Crippen LogP contribution in [0.2, 0.25) is 0 Å². The number of hydrogen-bond acceptors (Lipinski definition) is 3. The Kier molecular flexibility index (Phi) is 5.28. The number of primary amides is 1. The topological polar surface area (TPSA) is 92.4 Å². The minimum atomic E-state index is -5.08. The van der Waals surface area contributed by atoms with Gasteiger partial charge in [0.1, 0.15) is 0 Å². The summed E-state index contributed by atoms with van der Waals surface area (Å²) in [5.41, 5.74) is 8.39. The number of carboxylic acid groups (broad SMARTS) is 1. The predicted molar refractivity (Wildman–Crippen MR) is 81.2 cm³/mol. The molecule has 2 atom stereocenters. The molecule has 0 aromatic heterocycles. The summed E-state index contributed by atoms with van der Waals surface area (Å²) in [6, 6.07) is 8.75. The third-order valence-electron chi connectivity index (χ3n) is 3.90. The number of carbonyl (C=O) groups is 2. The second kappa shape index (κ2) is 7.04. The smallest absolute Gasteiger partial charge is 0.475 e. The lowest BCUT2D eigenvalue weighted by atomic mass is 9.95. The second-order valence-electron chi connectivity index (χ2n) is 5.69. The third kappa shape index (κ3) is 4.58. The number of alkyl halides is 3. The van der Waals surface area contributed by atoms with Gasteiger partial charge in [0.05, 0.1) is 0 Å². The van der Waals surface area contributed by atoms with Crippen molar-refractivity contribution in [2.45, 2.75) is 37.5 Å². The molecule has 2 heterocycles. The molecular weight excluding hydrogens is 325 g/mol. The number of fused-ring (bicyclic) bond motifs is 2. The first-order valence-electron chi connectivity index (χ1n) is 7.34. The Morgan fingerprint density at radius 2 is 1.92 bits per heavy atom. The fraction of sp³-hybridized carbons (Fsp3) is 0.375. The van der Waals surface area contributed by atoms with Crippen molar-refractivity contribution in [2.24, 2.45) is 5.73 Å². The molecule has 2 aliphatic heterocycles. The molecule has 1 fully saturated rings. The van der Waals surface area contributed by atoms with Crippen molar-refractivity contribution in [2.75, 3.05) is 0 Å². The van der Waals surface area contributed by atoms with Gasteiger partial charge in [0.2, 0.25) is 5.91 Å². The molecule has 1 aromatic rings. The molecule has 0 spiro atoms. The SMILES string of the molecule is NC(=O)c1cccc(C2=CC3CCC(C2)N3)c1.O=C(O)C(F)(F)F. The van der Waals surface area contributed by atoms with Crippen LogP contribution in [0.5, 0.6) is 0 Å². The minimum absolute atomic E-state index is 0.357. The van der Waals surface area contributed by atoms with Crippen molar-refractivity contribution in [3.8, 4) is 0 Å². The number of halogens is 3. The van der Waals surface area contributed by atoms with Crippen LogP contribution in [-0.2, 0) is 4.79 Å². The molecule has 1 saturated heterocycles. The Morgan fingerprint density at radius 1 is 1.25 bits per heavy atom. The maximum Gasteiger partial charge on any atom is 0.490 e. The predicted octanol–water partition coefficient (Wildman–Crippen LogP) is 2.33. The average molecular weight is 342 g/mol. The number of nitrogens with two attached hydrogens (primary N) is 1. The van der Waals surface area contributed by atoms with Gasteiger partial charge in [0, 0.05) is 17.6 Å². The number of rotatable bonds is 2. The monoisotopic (exact) mass is 342 g/mol. The average Bonchev–Trinajstić information content (AvgIpc) is 2.85. The molecule has 2 aliphatic rings. The van der Waals surface area contributed by atoms with E-state index in [4.69, 9.17) is 15.6 Å². The van der Waals surface area contributed by atoms with Crippen molar-refractivity contribution >= 4 is 17.4 Å². The number of carboxylic acids is 1. The van der Waals surface area contributed by atoms with Crippen LogP contribution in [0.25, 0.3) is 5.57 Å². The maximum atomic E-state index is 11.2. The van der Waals surface area contributed by atoms with E-state index in [1.807, 2.05) is 12.1 Å². The van der Waals surface area contributed by atoms with Crippen molar-refractivity contribution in [1.29, 1.82) is 0 Å². The van der Waals surface area contributed by atoms with Gasteiger partial charge in [0.15, 0.2) is 0 Å². The molecule has 0 saturated carbocycles. The number of hydrogen-bond donors (Lipinski definition) is 3. The molecule has 1 aromatic carbocycles. The molecule has 4 N–H and O–H groups in total. The normalized spacial score (nSPS) is 22.2. The Morgan fingerprint density at radius 3 is 2.46 bits per heavy atom. The summed E-state index contributed by atoms with van der Waals surface area (Å²) in [5.74, 6) is -3.11. The largest absolute Gasteiger partial charge is 0.490 e. The standard InChI is InChI=1S/C14H16N2O.C2HF3O2/c15-14(17)10-3-1-2-9(6-10)11-7-12-4-5-13(8-11)16-12;3-2(4,5)1(6)7/h1-3,6-7,12-13,16H,4-5,8H2,(H2,15,17);(H,6,7). The van der Waals surface area contributed by atoms with Crippen molar-refractivity contribution < 1.29 is 27.9 Å². The van der Waals surface area contributed by atoms with Gasteiger partial charge in [-0.05, 0) is 42.5 Å². The molecule has 0 aliphatic carbocycles. The fourth-order valence-electron chi connectivity index (χ4n) is 2.81. The van der Waals surface area contributed by atoms with Crippen molar-refractivity contribution in [1.82, 2.24) is 5.32 Å². The Labute approximate surface area is 136 Å². The zero-order valence-electron chi connectivity index (χ0n) is 12.6. The van der Waals surface area contributed by atoms with E-state index in [1.54, 1.807) is 6.07 Å². The maximum absolute atomic E-state index is 11.2. The van der Waals surface area contributed by atoms with Crippen LogP contribution in [0.3, 0.4) is 0 Å². The zero-order valence-corrected chi connectivity index (χ0v) is 12.6. The summed E-state index contributed by atoms with van der Waals surface area (Å²) in [6.07, 6.45) is 0.742. The lowest BCUT2D eigenvalue weighted by Crippen LogP contribution is -2.31. The summed E-state index contributed by atoms with van der Waals surface area (Å²) in [4.78, 5) is 20.1. The van der Waals surface area contributed by atoms with E-state index in [1.165, 1.54) is 18.4 Å². The van der Waals surface area contributed by atoms with E-state index in [9.17, 15) is 18.0 Å². The minimum Gasteiger partial charge on any atom is -0.475 e. The second-order valence-corrected chi connectivity index (χ2v) is 5.69. The lowest BCUT2D eigenvalue weighted by Gasteiger charge is -2.21. The van der Waals surface area contributed by atoms with Crippen molar-refractivity contribution in [3.05, 3.63) is 41.5 Å². The van der Waals surface area contributed by atoms with Gasteiger partial charge in [-0.25, -0.2) is 4.79 Å². The van der Waals surface area contributed by atoms with E-state index in [2.05, 4.69) is 17.5 Å². The van der Waals surface area contributed by atoms with Crippen LogP contribution in [-0.4, -0.2) is 35.2 Å². The van der Waals surface area contributed by atoms with Gasteiger partial charge < -0.3 is 16.2 Å². The summed E-state index contributed by atoms with van der Waals surface area (Å²) in [7, 11) is 0. The number of amides is 1. The van der Waals surface area contributed by atoms with Gasteiger partial charge in [0.25, 0.3) is 0 Å². The van der Waals surface area contributed by atoms with E-state index >= 15 is 0 Å². The number of carbonyl (C=O) groups excluding carboxylic acids is 1. The summed E-state index contributed by atoms with van der Waals surface area (Å²) >= 11 is 0. The highest BCUT2D eigenvalue weighted by atomic mass is 19.4. The first-order valence-corrected chi connectivity index (χ1v) is 7.34. The highest BCUT2D eigenvalue weighted by Gasteiger charge is 2.38. The zero-order chi connectivity index (χ0) is 17.9. The molecule has 2 unspecified atom stereocenters. The summed E-state index contributed by atoms with van der Waals surface area (Å²) < 4.78 is 31.7. The highest BCUT2D eigenvalue weighted by Crippen LogP contribution is 2.32. The Balaban J connectivity index is 0.000000256. The van der Waals surface area contributed by atoms with Gasteiger partial charge in [-0.3, -0.25) is 4.79 Å². The molecular formula is C16H17F3N2O3. The van der Waals surface area contributed by atoms with Crippen molar-refractivity contribution in [3.63, 3.8) is 0 Å². The summed E-state index contributed by atoms with van der Waals surface area (Å²) in [6.45, 7) is 0. The van der Waals surface area contributed by atoms with Gasteiger partial charge >= 0.3 is 12.1 Å². The molecule has 130 valence electrons. The van der Waals surface area contributed by atoms with Crippen LogP contribution in [0.1, 0.15) is 35.2 Å². The number of nitrogens with one attached hydrogen (secondary N) is 1. The van der Waals surface area contributed by atoms with E-state index in [0.29, 0.717) is 17.6 Å². The Bertz CT molecular complexity index is 671. The van der Waals surface area contributed by atoms with E-state index in [0.717, 1.165) is 12.0 Å². The number of aliphatic carboxylic acids is 1. The van der Waals surface area contributed by atoms with Crippen LogP contribution in [0.15, 0.2) is 30.3 Å². The highest BCUT2D eigenvalue weighted by molar-refractivity contribution is 5.93. The third-order valence-corrected chi connectivity index (χ3v) is 3.90. The molecule has 8 heteroatoms. The first-order chi connectivity index (χ1) is 11.2.